The summed E-state index contributed by atoms with van der Waals surface area (Å²) in [5.41, 5.74) is 2.14. The zero-order valence-electron chi connectivity index (χ0n) is 10.1. The number of rotatable bonds is 3. The van der Waals surface area contributed by atoms with E-state index in [1.165, 1.54) is 35.3 Å². The molecule has 20 heavy (non-hydrogen) atoms. The van der Waals surface area contributed by atoms with E-state index in [1.54, 1.807) is 0 Å². The van der Waals surface area contributed by atoms with Gasteiger partial charge in [0, 0.05) is 7.05 Å². The maximum atomic E-state index is 12.2. The first kappa shape index (κ1) is 12.8. The highest BCUT2D eigenvalue weighted by molar-refractivity contribution is 7.93. The van der Waals surface area contributed by atoms with Gasteiger partial charge in [0.1, 0.15) is 5.51 Å². The first-order chi connectivity index (χ1) is 9.47. The van der Waals surface area contributed by atoms with Gasteiger partial charge in [0.15, 0.2) is 5.58 Å². The molecule has 0 amide bonds. The molecule has 0 aliphatic rings. The summed E-state index contributed by atoms with van der Waals surface area (Å²) in [6.07, 6.45) is 0. The average molecular weight is 312 g/mol. The molecule has 0 saturated heterocycles. The van der Waals surface area contributed by atoms with Crippen molar-refractivity contribution < 1.29 is 12.8 Å². The third-order valence-corrected chi connectivity index (χ3v) is 4.73. The first-order valence-electron chi connectivity index (χ1n) is 5.36. The number of nitrogens with zero attached hydrogens (tertiary/aromatic N) is 3. The van der Waals surface area contributed by atoms with Crippen LogP contribution in [-0.4, -0.2) is 23.2 Å². The quantitative estimate of drug-likeness (QED) is 0.766. The van der Waals surface area contributed by atoms with Crippen molar-refractivity contribution in [3.8, 4) is 0 Å². The number of anilines is 1. The van der Waals surface area contributed by atoms with E-state index in [-0.39, 0.29) is 10.0 Å². The minimum atomic E-state index is -3.78. The third kappa shape index (κ3) is 2.08. The molecule has 10 heteroatoms. The number of benzene rings is 1. The van der Waals surface area contributed by atoms with Crippen molar-refractivity contribution >= 4 is 37.6 Å². The van der Waals surface area contributed by atoms with Gasteiger partial charge in [-0.1, -0.05) is 11.3 Å². The molecule has 0 unspecified atom stereocenters. The number of hydrogen-bond donors (Lipinski definition) is 1. The molecule has 1 N–H and O–H groups in total. The second kappa shape index (κ2) is 4.42. The van der Waals surface area contributed by atoms with E-state index in [0.717, 1.165) is 11.3 Å². The third-order valence-electron chi connectivity index (χ3n) is 2.65. The number of hydrogen-bond acceptors (Lipinski definition) is 7. The Morgan fingerprint density at radius 2 is 2.20 bits per heavy atom. The van der Waals surface area contributed by atoms with Gasteiger partial charge >= 0.3 is 5.76 Å². The molecular weight excluding hydrogens is 304 g/mol. The fourth-order valence-corrected chi connectivity index (χ4v) is 3.38. The summed E-state index contributed by atoms with van der Waals surface area (Å²) >= 11 is 1.07. The molecule has 0 bridgehead atoms. The lowest BCUT2D eigenvalue weighted by Gasteiger charge is -2.04. The summed E-state index contributed by atoms with van der Waals surface area (Å²) in [4.78, 5) is 11.4. The average Bonchev–Trinajstić information content (AvgIpc) is 2.98. The Hall–Kier alpha value is -2.20. The largest absolute Gasteiger partial charge is 0.419 e. The summed E-state index contributed by atoms with van der Waals surface area (Å²) < 4.78 is 32.8. The minimum absolute atomic E-state index is 0.0107. The fourth-order valence-electron chi connectivity index (χ4n) is 1.67. The van der Waals surface area contributed by atoms with Crippen LogP contribution in [0, 0.1) is 0 Å². The van der Waals surface area contributed by atoms with Crippen molar-refractivity contribution in [3.05, 3.63) is 34.3 Å². The van der Waals surface area contributed by atoms with Gasteiger partial charge in [-0.05, 0) is 18.2 Å². The summed E-state index contributed by atoms with van der Waals surface area (Å²) in [5.74, 6) is -0.549. The van der Waals surface area contributed by atoms with Gasteiger partial charge in [-0.25, -0.2) is 13.2 Å². The molecule has 0 saturated carbocycles. The van der Waals surface area contributed by atoms with Crippen LogP contribution in [0.4, 0.5) is 5.13 Å². The molecule has 0 atom stereocenters. The normalized spacial score (nSPS) is 11.8. The number of nitrogens with one attached hydrogen (secondary N) is 1. The maximum Gasteiger partial charge on any atom is 0.419 e. The van der Waals surface area contributed by atoms with Gasteiger partial charge in [-0.2, -0.15) is 0 Å². The van der Waals surface area contributed by atoms with E-state index in [4.69, 9.17) is 4.42 Å². The predicted molar refractivity (Wildman–Crippen MR) is 72.2 cm³/mol. The molecular formula is C10H8N4O4S2. The second-order valence-corrected chi connectivity index (χ2v) is 6.42. The van der Waals surface area contributed by atoms with Crippen LogP contribution in [0.25, 0.3) is 11.1 Å². The molecule has 0 fully saturated rings. The van der Waals surface area contributed by atoms with Gasteiger partial charge in [-0.15, -0.1) is 10.2 Å². The van der Waals surface area contributed by atoms with Crippen LogP contribution in [0.2, 0.25) is 0 Å². The summed E-state index contributed by atoms with van der Waals surface area (Å²) in [7, 11) is -2.28. The molecule has 3 rings (SSSR count). The predicted octanol–water partition coefficient (Wildman–Crippen LogP) is 0.784. The smallest absolute Gasteiger partial charge is 0.408 e. The van der Waals surface area contributed by atoms with Gasteiger partial charge in [0.2, 0.25) is 5.13 Å². The van der Waals surface area contributed by atoms with Crippen LogP contribution < -0.4 is 10.5 Å². The Morgan fingerprint density at radius 1 is 1.40 bits per heavy atom. The second-order valence-electron chi connectivity index (χ2n) is 3.91. The van der Waals surface area contributed by atoms with Crippen molar-refractivity contribution in [1.29, 1.82) is 0 Å². The number of oxazole rings is 1. The van der Waals surface area contributed by atoms with Crippen molar-refractivity contribution in [1.82, 2.24) is 14.8 Å². The number of fused-ring (bicyclic) bond motifs is 1. The Bertz CT molecular complexity index is 924. The number of sulfonamides is 1. The summed E-state index contributed by atoms with van der Waals surface area (Å²) in [6.45, 7) is 0. The Labute approximate surface area is 116 Å². The number of aryl methyl sites for hydroxylation is 1. The van der Waals surface area contributed by atoms with Crippen LogP contribution in [0.1, 0.15) is 0 Å². The van der Waals surface area contributed by atoms with Gasteiger partial charge < -0.3 is 4.42 Å². The molecule has 2 aromatic heterocycles. The molecule has 2 heterocycles. The van der Waals surface area contributed by atoms with Crippen LogP contribution in [0.3, 0.4) is 0 Å². The van der Waals surface area contributed by atoms with E-state index in [2.05, 4.69) is 14.9 Å². The minimum Gasteiger partial charge on any atom is -0.408 e. The molecule has 3 aromatic rings. The SMILES string of the molecule is Cn1c(=O)oc2ccc(S(=O)(=O)Nc3nncs3)cc21. The summed E-state index contributed by atoms with van der Waals surface area (Å²) in [5, 5.41) is 7.34. The van der Waals surface area contributed by atoms with Crippen molar-refractivity contribution in [2.24, 2.45) is 7.05 Å². The van der Waals surface area contributed by atoms with Crippen LogP contribution >= 0.6 is 11.3 Å². The highest BCUT2D eigenvalue weighted by Gasteiger charge is 2.18. The van der Waals surface area contributed by atoms with E-state index in [1.807, 2.05) is 0 Å². The lowest BCUT2D eigenvalue weighted by Crippen LogP contribution is -2.13. The van der Waals surface area contributed by atoms with Crippen LogP contribution in [0.5, 0.6) is 0 Å². The van der Waals surface area contributed by atoms with E-state index < -0.39 is 15.8 Å². The Kier molecular flexibility index (Phi) is 2.83. The highest BCUT2D eigenvalue weighted by Crippen LogP contribution is 2.21. The molecule has 0 spiro atoms. The van der Waals surface area contributed by atoms with Gasteiger partial charge in [0.05, 0.1) is 10.4 Å². The molecule has 104 valence electrons. The molecule has 0 radical (unpaired) electrons. The van der Waals surface area contributed by atoms with Crippen molar-refractivity contribution in [2.45, 2.75) is 4.90 Å². The highest BCUT2D eigenvalue weighted by atomic mass is 32.2. The van der Waals surface area contributed by atoms with Crippen LogP contribution in [0.15, 0.2) is 37.8 Å². The molecule has 0 aliphatic heterocycles. The molecule has 0 aliphatic carbocycles. The first-order valence-corrected chi connectivity index (χ1v) is 7.72. The topological polar surface area (TPSA) is 107 Å². The Morgan fingerprint density at radius 3 is 2.90 bits per heavy atom. The zero-order valence-corrected chi connectivity index (χ0v) is 11.7. The standard InChI is InChI=1S/C10H8N4O4S2/c1-14-7-4-6(2-3-8(7)18-10(14)15)20(16,17)13-9-12-11-5-19-9/h2-5H,1H3,(H,12,13). The zero-order chi connectivity index (χ0) is 14.3. The van der Waals surface area contributed by atoms with E-state index in [0.29, 0.717) is 11.1 Å². The van der Waals surface area contributed by atoms with E-state index >= 15 is 0 Å². The monoisotopic (exact) mass is 312 g/mol. The maximum absolute atomic E-state index is 12.2. The van der Waals surface area contributed by atoms with Gasteiger partial charge in [0.25, 0.3) is 10.0 Å². The van der Waals surface area contributed by atoms with Crippen molar-refractivity contribution in [2.75, 3.05) is 4.72 Å². The molecule has 1 aromatic carbocycles. The lowest BCUT2D eigenvalue weighted by molar-refractivity contribution is 0.528. The van der Waals surface area contributed by atoms with Crippen molar-refractivity contribution in [3.63, 3.8) is 0 Å². The summed E-state index contributed by atoms with van der Waals surface area (Å²) in [6, 6.07) is 4.16. The van der Waals surface area contributed by atoms with Gasteiger partial charge in [-0.3, -0.25) is 9.29 Å². The number of aromatic nitrogens is 3. The fraction of sp³-hybridized carbons (Fsp3) is 0.100. The lowest BCUT2D eigenvalue weighted by atomic mass is 10.3. The Balaban J connectivity index is 2.09. The van der Waals surface area contributed by atoms with E-state index in [9.17, 15) is 13.2 Å². The van der Waals surface area contributed by atoms with Crippen LogP contribution in [-0.2, 0) is 17.1 Å². The molecule has 8 nitrogen and oxygen atoms in total.